The van der Waals surface area contributed by atoms with Crippen molar-refractivity contribution in [3.63, 3.8) is 0 Å². The van der Waals surface area contributed by atoms with Crippen LogP contribution in [0.5, 0.6) is 0 Å². The van der Waals surface area contributed by atoms with E-state index in [0.717, 1.165) is 12.5 Å². The van der Waals surface area contributed by atoms with Crippen LogP contribution in [0.1, 0.15) is 32.8 Å². The van der Waals surface area contributed by atoms with E-state index in [4.69, 9.17) is 0 Å². The summed E-state index contributed by atoms with van der Waals surface area (Å²) in [6.07, 6.45) is 2.41. The van der Waals surface area contributed by atoms with Crippen LogP contribution in [0.3, 0.4) is 0 Å². The fraction of sp³-hybridized carbons (Fsp3) is 0.647. The average Bonchev–Trinajstić information content (AvgIpc) is 2.42. The van der Waals surface area contributed by atoms with Crippen LogP contribution in [0.15, 0.2) is 30.3 Å². The lowest BCUT2D eigenvalue weighted by molar-refractivity contribution is 0.113. The van der Waals surface area contributed by atoms with E-state index >= 15 is 0 Å². The maximum absolute atomic E-state index is 3.74. The van der Waals surface area contributed by atoms with Crippen molar-refractivity contribution < 1.29 is 0 Å². The highest BCUT2D eigenvalue weighted by Crippen LogP contribution is 2.16. The van der Waals surface area contributed by atoms with Crippen LogP contribution in [-0.4, -0.2) is 36.6 Å². The fourth-order valence-corrected chi connectivity index (χ4v) is 2.98. The van der Waals surface area contributed by atoms with Crippen molar-refractivity contribution in [2.45, 2.75) is 45.7 Å². The minimum atomic E-state index is 0.650. The Morgan fingerprint density at radius 3 is 2.63 bits per heavy atom. The zero-order valence-corrected chi connectivity index (χ0v) is 12.6. The molecule has 1 heterocycles. The van der Waals surface area contributed by atoms with Gasteiger partial charge in [-0.25, -0.2) is 0 Å². The Morgan fingerprint density at radius 2 is 2.00 bits per heavy atom. The maximum atomic E-state index is 3.74. The van der Waals surface area contributed by atoms with Crippen LogP contribution in [0, 0.1) is 5.92 Å². The Kier molecular flexibility index (Phi) is 5.41. The number of hydrogen-bond acceptors (Lipinski definition) is 2. The van der Waals surface area contributed by atoms with Gasteiger partial charge in [0.2, 0.25) is 0 Å². The minimum absolute atomic E-state index is 0.650. The maximum Gasteiger partial charge on any atom is 0.0261 e. The van der Waals surface area contributed by atoms with E-state index in [1.807, 2.05) is 0 Å². The quantitative estimate of drug-likeness (QED) is 0.875. The van der Waals surface area contributed by atoms with Crippen molar-refractivity contribution in [2.75, 3.05) is 19.6 Å². The Labute approximate surface area is 118 Å². The van der Waals surface area contributed by atoms with Gasteiger partial charge in [0, 0.05) is 25.2 Å². The van der Waals surface area contributed by atoms with Crippen molar-refractivity contribution in [2.24, 2.45) is 5.92 Å². The predicted molar refractivity (Wildman–Crippen MR) is 82.4 cm³/mol. The molecule has 2 rings (SSSR count). The normalized spacial score (nSPS) is 24.8. The van der Waals surface area contributed by atoms with Crippen LogP contribution in [-0.2, 0) is 6.42 Å². The molecule has 1 aromatic carbocycles. The van der Waals surface area contributed by atoms with Gasteiger partial charge in [-0.2, -0.15) is 0 Å². The molecule has 1 N–H and O–H groups in total. The molecule has 2 atom stereocenters. The van der Waals surface area contributed by atoms with Gasteiger partial charge in [-0.05, 0) is 30.9 Å². The molecule has 1 aliphatic rings. The lowest BCUT2D eigenvalue weighted by Gasteiger charge is -2.42. The largest absolute Gasteiger partial charge is 0.311 e. The molecule has 19 heavy (non-hydrogen) atoms. The second-order valence-electron chi connectivity index (χ2n) is 6.10. The third-order valence-electron chi connectivity index (χ3n) is 4.19. The first kappa shape index (κ1) is 14.5. The molecule has 0 saturated carbocycles. The summed E-state index contributed by atoms with van der Waals surface area (Å²) < 4.78 is 0. The smallest absolute Gasteiger partial charge is 0.0261 e. The lowest BCUT2D eigenvalue weighted by Crippen LogP contribution is -2.58. The van der Waals surface area contributed by atoms with Crippen LogP contribution in [0.4, 0.5) is 0 Å². The van der Waals surface area contributed by atoms with Crippen molar-refractivity contribution in [1.29, 1.82) is 0 Å². The van der Waals surface area contributed by atoms with Gasteiger partial charge >= 0.3 is 0 Å². The minimum Gasteiger partial charge on any atom is -0.311 e. The molecule has 0 bridgehead atoms. The zero-order chi connectivity index (χ0) is 13.7. The molecular weight excluding hydrogens is 232 g/mol. The van der Waals surface area contributed by atoms with Gasteiger partial charge in [-0.15, -0.1) is 0 Å². The molecule has 0 spiro atoms. The molecule has 0 aliphatic carbocycles. The molecule has 1 saturated heterocycles. The van der Waals surface area contributed by atoms with Crippen LogP contribution in [0.25, 0.3) is 0 Å². The standard InChI is InChI=1S/C17H28N2/c1-4-10-19-13-17(14(2)3)18-12-16(19)11-15-8-6-5-7-9-15/h5-9,14,16-18H,4,10-13H2,1-3H3. The summed E-state index contributed by atoms with van der Waals surface area (Å²) in [5.41, 5.74) is 1.46. The number of nitrogens with zero attached hydrogens (tertiary/aromatic N) is 1. The first-order chi connectivity index (χ1) is 9.20. The van der Waals surface area contributed by atoms with Gasteiger partial charge in [0.25, 0.3) is 0 Å². The number of benzene rings is 1. The van der Waals surface area contributed by atoms with Gasteiger partial charge in [0.15, 0.2) is 0 Å². The fourth-order valence-electron chi connectivity index (χ4n) is 2.98. The van der Waals surface area contributed by atoms with E-state index in [9.17, 15) is 0 Å². The van der Waals surface area contributed by atoms with Crippen LogP contribution >= 0.6 is 0 Å². The van der Waals surface area contributed by atoms with E-state index in [-0.39, 0.29) is 0 Å². The summed E-state index contributed by atoms with van der Waals surface area (Å²) in [6.45, 7) is 10.5. The Balaban J connectivity index is 1.99. The van der Waals surface area contributed by atoms with Gasteiger partial charge in [-0.3, -0.25) is 4.90 Å². The molecule has 1 fully saturated rings. The van der Waals surface area contributed by atoms with E-state index in [1.54, 1.807) is 0 Å². The second-order valence-corrected chi connectivity index (χ2v) is 6.10. The molecule has 0 aromatic heterocycles. The molecule has 2 heteroatoms. The summed E-state index contributed by atoms with van der Waals surface area (Å²) in [5.74, 6) is 0.719. The van der Waals surface area contributed by atoms with E-state index < -0.39 is 0 Å². The third-order valence-corrected chi connectivity index (χ3v) is 4.19. The summed E-state index contributed by atoms with van der Waals surface area (Å²) in [7, 11) is 0. The van der Waals surface area contributed by atoms with Crippen molar-refractivity contribution in [1.82, 2.24) is 10.2 Å². The Bertz CT molecular complexity index is 361. The number of rotatable bonds is 5. The highest BCUT2D eigenvalue weighted by molar-refractivity contribution is 5.16. The highest BCUT2D eigenvalue weighted by Gasteiger charge is 2.28. The van der Waals surface area contributed by atoms with Crippen molar-refractivity contribution in [3.05, 3.63) is 35.9 Å². The molecule has 0 amide bonds. The Morgan fingerprint density at radius 1 is 1.26 bits per heavy atom. The molecule has 2 nitrogen and oxygen atoms in total. The molecule has 0 radical (unpaired) electrons. The highest BCUT2D eigenvalue weighted by atomic mass is 15.2. The van der Waals surface area contributed by atoms with Crippen molar-refractivity contribution >= 4 is 0 Å². The first-order valence-electron chi connectivity index (χ1n) is 7.72. The molecule has 1 aromatic rings. The summed E-state index contributed by atoms with van der Waals surface area (Å²) >= 11 is 0. The molecule has 2 unspecified atom stereocenters. The number of piperazine rings is 1. The Hall–Kier alpha value is -0.860. The number of nitrogens with one attached hydrogen (secondary N) is 1. The lowest BCUT2D eigenvalue weighted by atomic mass is 9.96. The van der Waals surface area contributed by atoms with Gasteiger partial charge in [0.05, 0.1) is 0 Å². The topological polar surface area (TPSA) is 15.3 Å². The first-order valence-corrected chi connectivity index (χ1v) is 7.72. The summed E-state index contributed by atoms with van der Waals surface area (Å²) in [6, 6.07) is 12.2. The molecule has 1 aliphatic heterocycles. The van der Waals surface area contributed by atoms with E-state index in [0.29, 0.717) is 12.1 Å². The summed E-state index contributed by atoms with van der Waals surface area (Å²) in [4.78, 5) is 2.69. The number of hydrogen-bond donors (Lipinski definition) is 1. The predicted octanol–water partition coefficient (Wildman–Crippen LogP) is 2.94. The summed E-state index contributed by atoms with van der Waals surface area (Å²) in [5, 5.41) is 3.74. The molecular formula is C17H28N2. The van der Waals surface area contributed by atoms with Gasteiger partial charge in [0.1, 0.15) is 0 Å². The second kappa shape index (κ2) is 7.06. The van der Waals surface area contributed by atoms with E-state index in [2.05, 4.69) is 61.3 Å². The SMILES string of the molecule is CCCN1CC(C(C)C)NCC1Cc1ccccc1. The van der Waals surface area contributed by atoms with Crippen LogP contribution < -0.4 is 5.32 Å². The van der Waals surface area contributed by atoms with Gasteiger partial charge in [-0.1, -0.05) is 51.1 Å². The van der Waals surface area contributed by atoms with Gasteiger partial charge < -0.3 is 5.32 Å². The molecule has 106 valence electrons. The third kappa shape index (κ3) is 4.05. The van der Waals surface area contributed by atoms with E-state index in [1.165, 1.54) is 31.5 Å². The van der Waals surface area contributed by atoms with Crippen molar-refractivity contribution in [3.8, 4) is 0 Å². The van der Waals surface area contributed by atoms with Crippen LogP contribution in [0.2, 0.25) is 0 Å². The zero-order valence-electron chi connectivity index (χ0n) is 12.6. The average molecular weight is 260 g/mol. The monoisotopic (exact) mass is 260 g/mol.